The fraction of sp³-hybridized carbons (Fsp3) is 0.857. The van der Waals surface area contributed by atoms with Crippen LogP contribution >= 0.6 is 12.4 Å². The number of nitrogens with one attached hydrogen (secondary N) is 1. The number of halogens is 1. The highest BCUT2D eigenvalue weighted by atomic mass is 35.5. The van der Waals surface area contributed by atoms with Crippen molar-refractivity contribution >= 4 is 18.4 Å². The van der Waals surface area contributed by atoms with Gasteiger partial charge < -0.3 is 10.4 Å². The SMILES string of the molecule is C[C@@H](C(=O)O)[C@@H]1CCNC1.Cl. The van der Waals surface area contributed by atoms with Crippen molar-refractivity contribution in [2.75, 3.05) is 13.1 Å². The van der Waals surface area contributed by atoms with Crippen LogP contribution in [0.1, 0.15) is 13.3 Å². The van der Waals surface area contributed by atoms with Crippen LogP contribution in [0.25, 0.3) is 0 Å². The van der Waals surface area contributed by atoms with Crippen molar-refractivity contribution < 1.29 is 9.90 Å². The van der Waals surface area contributed by atoms with E-state index in [1.807, 2.05) is 0 Å². The van der Waals surface area contributed by atoms with Gasteiger partial charge in [-0.25, -0.2) is 0 Å². The molecule has 1 aliphatic rings. The Morgan fingerprint density at radius 3 is 2.73 bits per heavy atom. The average Bonchev–Trinajstić information content (AvgIpc) is 2.36. The number of carbonyl (C=O) groups is 1. The molecule has 0 spiro atoms. The number of aliphatic carboxylic acids is 1. The van der Waals surface area contributed by atoms with Crippen molar-refractivity contribution in [3.8, 4) is 0 Å². The summed E-state index contributed by atoms with van der Waals surface area (Å²) in [7, 11) is 0. The van der Waals surface area contributed by atoms with Crippen LogP contribution in [0.3, 0.4) is 0 Å². The largest absolute Gasteiger partial charge is 0.481 e. The lowest BCUT2D eigenvalue weighted by atomic mass is 9.94. The highest BCUT2D eigenvalue weighted by Gasteiger charge is 2.25. The van der Waals surface area contributed by atoms with E-state index in [0.29, 0.717) is 5.92 Å². The lowest BCUT2D eigenvalue weighted by Gasteiger charge is -2.11. The first-order valence-corrected chi connectivity index (χ1v) is 3.65. The summed E-state index contributed by atoms with van der Waals surface area (Å²) < 4.78 is 0. The summed E-state index contributed by atoms with van der Waals surface area (Å²) >= 11 is 0. The Kier molecular flexibility index (Phi) is 4.45. The molecule has 0 aromatic carbocycles. The molecule has 0 bridgehead atoms. The zero-order valence-electron chi connectivity index (χ0n) is 6.54. The molecule has 0 aliphatic carbocycles. The van der Waals surface area contributed by atoms with Gasteiger partial charge in [0.2, 0.25) is 0 Å². The molecule has 1 saturated heterocycles. The molecule has 0 unspecified atom stereocenters. The minimum atomic E-state index is -0.672. The third kappa shape index (κ3) is 2.67. The van der Waals surface area contributed by atoms with E-state index in [-0.39, 0.29) is 18.3 Å². The smallest absolute Gasteiger partial charge is 0.306 e. The minimum absolute atomic E-state index is 0. The molecule has 0 aromatic heterocycles. The van der Waals surface area contributed by atoms with Gasteiger partial charge in [0, 0.05) is 0 Å². The highest BCUT2D eigenvalue weighted by molar-refractivity contribution is 5.85. The molecule has 0 aromatic rings. The van der Waals surface area contributed by atoms with E-state index in [2.05, 4.69) is 5.32 Å². The van der Waals surface area contributed by atoms with Crippen LogP contribution in [0.2, 0.25) is 0 Å². The molecule has 0 amide bonds. The normalized spacial score (nSPS) is 25.7. The van der Waals surface area contributed by atoms with Gasteiger partial charge in [-0.05, 0) is 25.4 Å². The number of hydrogen-bond acceptors (Lipinski definition) is 2. The van der Waals surface area contributed by atoms with Crippen LogP contribution < -0.4 is 5.32 Å². The molecule has 2 atom stereocenters. The first kappa shape index (κ1) is 10.7. The maximum Gasteiger partial charge on any atom is 0.306 e. The summed E-state index contributed by atoms with van der Waals surface area (Å²) in [4.78, 5) is 10.5. The van der Waals surface area contributed by atoms with E-state index in [1.54, 1.807) is 6.92 Å². The van der Waals surface area contributed by atoms with Crippen molar-refractivity contribution in [3.05, 3.63) is 0 Å². The van der Waals surface area contributed by atoms with E-state index >= 15 is 0 Å². The Bertz CT molecular complexity index is 134. The summed E-state index contributed by atoms with van der Waals surface area (Å²) in [5.41, 5.74) is 0. The van der Waals surface area contributed by atoms with Crippen molar-refractivity contribution in [3.63, 3.8) is 0 Å². The Morgan fingerprint density at radius 2 is 2.36 bits per heavy atom. The maximum atomic E-state index is 10.5. The lowest BCUT2D eigenvalue weighted by Crippen LogP contribution is -2.22. The van der Waals surface area contributed by atoms with Gasteiger partial charge in [-0.2, -0.15) is 0 Å². The first-order valence-electron chi connectivity index (χ1n) is 3.65. The molecule has 1 fully saturated rings. The Morgan fingerprint density at radius 1 is 1.73 bits per heavy atom. The summed E-state index contributed by atoms with van der Waals surface area (Å²) in [5, 5.41) is 11.8. The minimum Gasteiger partial charge on any atom is -0.481 e. The third-order valence-corrected chi connectivity index (χ3v) is 2.20. The summed E-state index contributed by atoms with van der Waals surface area (Å²) in [6, 6.07) is 0. The number of rotatable bonds is 2. The third-order valence-electron chi connectivity index (χ3n) is 2.20. The first-order chi connectivity index (χ1) is 4.72. The van der Waals surface area contributed by atoms with E-state index in [1.165, 1.54) is 0 Å². The Balaban J connectivity index is 0.000001000. The standard InChI is InChI=1S/C7H13NO2.ClH/c1-5(7(9)10)6-2-3-8-4-6;/h5-6,8H,2-4H2,1H3,(H,9,10);1H/t5-,6-;/m1./s1. The topological polar surface area (TPSA) is 49.3 Å². The molecular formula is C7H14ClNO2. The summed E-state index contributed by atoms with van der Waals surface area (Å²) in [6.07, 6.45) is 1.01. The van der Waals surface area contributed by atoms with Crippen molar-refractivity contribution in [2.24, 2.45) is 11.8 Å². The van der Waals surface area contributed by atoms with Crippen LogP contribution in [0, 0.1) is 11.8 Å². The molecule has 0 radical (unpaired) electrons. The van der Waals surface area contributed by atoms with Gasteiger partial charge in [0.1, 0.15) is 0 Å². The van der Waals surface area contributed by atoms with Crippen molar-refractivity contribution in [1.29, 1.82) is 0 Å². The van der Waals surface area contributed by atoms with Crippen molar-refractivity contribution in [1.82, 2.24) is 5.32 Å². The van der Waals surface area contributed by atoms with Crippen LogP contribution in [-0.2, 0) is 4.79 Å². The predicted octanol–water partition coefficient (Wildman–Crippen LogP) is 0.738. The number of carboxylic acid groups (broad SMARTS) is 1. The van der Waals surface area contributed by atoms with E-state index in [9.17, 15) is 4.79 Å². The van der Waals surface area contributed by atoms with Crippen LogP contribution in [0.15, 0.2) is 0 Å². The molecule has 66 valence electrons. The Hall–Kier alpha value is -0.280. The lowest BCUT2D eigenvalue weighted by molar-refractivity contribution is -0.142. The highest BCUT2D eigenvalue weighted by Crippen LogP contribution is 2.18. The van der Waals surface area contributed by atoms with E-state index in [4.69, 9.17) is 5.11 Å². The van der Waals surface area contributed by atoms with Gasteiger partial charge in [0.15, 0.2) is 0 Å². The monoisotopic (exact) mass is 179 g/mol. The van der Waals surface area contributed by atoms with Gasteiger partial charge >= 0.3 is 5.97 Å². The number of carboxylic acids is 1. The molecular weight excluding hydrogens is 166 g/mol. The second-order valence-electron chi connectivity index (χ2n) is 2.88. The molecule has 2 N–H and O–H groups in total. The van der Waals surface area contributed by atoms with E-state index < -0.39 is 5.97 Å². The molecule has 1 rings (SSSR count). The van der Waals surface area contributed by atoms with Gasteiger partial charge in [0.05, 0.1) is 5.92 Å². The molecule has 4 heteroatoms. The molecule has 1 heterocycles. The van der Waals surface area contributed by atoms with Gasteiger partial charge in [-0.1, -0.05) is 6.92 Å². The fourth-order valence-corrected chi connectivity index (χ4v) is 1.31. The Labute approximate surface area is 72.6 Å². The van der Waals surface area contributed by atoms with Gasteiger partial charge in [-0.3, -0.25) is 4.79 Å². The zero-order chi connectivity index (χ0) is 7.56. The van der Waals surface area contributed by atoms with Crippen LogP contribution in [-0.4, -0.2) is 24.2 Å². The van der Waals surface area contributed by atoms with Crippen LogP contribution in [0.5, 0.6) is 0 Å². The second-order valence-corrected chi connectivity index (χ2v) is 2.88. The molecule has 3 nitrogen and oxygen atoms in total. The average molecular weight is 180 g/mol. The zero-order valence-corrected chi connectivity index (χ0v) is 7.36. The summed E-state index contributed by atoms with van der Waals surface area (Å²) in [5.74, 6) is -0.513. The molecule has 11 heavy (non-hydrogen) atoms. The number of hydrogen-bond donors (Lipinski definition) is 2. The van der Waals surface area contributed by atoms with Crippen molar-refractivity contribution in [2.45, 2.75) is 13.3 Å². The van der Waals surface area contributed by atoms with Gasteiger partial charge in [0.25, 0.3) is 0 Å². The maximum absolute atomic E-state index is 10.5. The van der Waals surface area contributed by atoms with E-state index in [0.717, 1.165) is 19.5 Å². The molecule has 0 saturated carbocycles. The predicted molar refractivity (Wildman–Crippen MR) is 45.0 cm³/mol. The van der Waals surface area contributed by atoms with Gasteiger partial charge in [-0.15, -0.1) is 12.4 Å². The van der Waals surface area contributed by atoms with Crippen LogP contribution in [0.4, 0.5) is 0 Å². The molecule has 1 aliphatic heterocycles. The fourth-order valence-electron chi connectivity index (χ4n) is 1.31. The quantitative estimate of drug-likeness (QED) is 0.658. The summed E-state index contributed by atoms with van der Waals surface area (Å²) in [6.45, 7) is 3.62. The second kappa shape index (κ2) is 4.57.